The monoisotopic (exact) mass is 1100 g/mol. The van der Waals surface area contributed by atoms with Crippen molar-refractivity contribution in [2.45, 2.75) is 189 Å². The van der Waals surface area contributed by atoms with Gasteiger partial charge in [0.05, 0.1) is 0 Å². The SMILES string of the molecule is C=CC(=O)Oc1c(C)cc(CCC(=O)OCC(COC(=O)CCc2cc(C)c(O)c(C(C)(C)C)c2)(COC(=O)CCc2cc(C)c(OC(=O)C=C)c(C(C)(C)C)c2)OC(=O)CCc2cc(C)c(O)c(C(C)(C)C)c2)cc1C(C)(C)C. The van der Waals surface area contributed by atoms with Crippen LogP contribution >= 0.6 is 0 Å². The van der Waals surface area contributed by atoms with Gasteiger partial charge in [-0.15, -0.1) is 0 Å². The van der Waals surface area contributed by atoms with E-state index in [9.17, 15) is 39.0 Å². The van der Waals surface area contributed by atoms with Gasteiger partial charge in [0, 0.05) is 49.0 Å². The molecule has 0 heterocycles. The summed E-state index contributed by atoms with van der Waals surface area (Å²) in [4.78, 5) is 80.4. The van der Waals surface area contributed by atoms with Crippen LogP contribution in [0.25, 0.3) is 0 Å². The number of hydrogen-bond acceptors (Lipinski definition) is 14. The Hall–Kier alpha value is -7.22. The summed E-state index contributed by atoms with van der Waals surface area (Å²) in [5, 5.41) is 21.8. The molecule has 0 spiro atoms. The molecule has 4 rings (SSSR count). The zero-order valence-corrected chi connectivity index (χ0v) is 50.3. The van der Waals surface area contributed by atoms with Gasteiger partial charge in [-0.25, -0.2) is 9.59 Å². The van der Waals surface area contributed by atoms with Crippen molar-refractivity contribution in [2.24, 2.45) is 0 Å². The quantitative estimate of drug-likeness (QED) is 0.0308. The zero-order chi connectivity index (χ0) is 60.3. The molecule has 0 fully saturated rings. The fraction of sp³-hybridized carbons (Fsp3) is 0.485. The molecule has 0 aromatic heterocycles. The Morgan fingerprint density at radius 3 is 0.950 bits per heavy atom. The molecule has 0 aliphatic carbocycles. The van der Waals surface area contributed by atoms with Crippen LogP contribution in [-0.2, 0) is 95.1 Å². The molecular formula is C66H86O14. The number of aryl methyl sites for hydroxylation is 8. The Morgan fingerprint density at radius 2 is 0.675 bits per heavy atom. The maximum atomic E-state index is 14.2. The van der Waals surface area contributed by atoms with E-state index in [0.717, 1.165) is 51.1 Å². The van der Waals surface area contributed by atoms with Gasteiger partial charge in [-0.3, -0.25) is 19.2 Å². The predicted octanol–water partition coefficient (Wildman–Crippen LogP) is 12.4. The number of carbonyl (C=O) groups excluding carboxylic acids is 6. The third kappa shape index (κ3) is 18.7. The molecule has 14 heteroatoms. The van der Waals surface area contributed by atoms with E-state index in [1.54, 1.807) is 39.8 Å². The predicted molar refractivity (Wildman–Crippen MR) is 309 cm³/mol. The average Bonchev–Trinajstić information content (AvgIpc) is 3.37. The molecule has 434 valence electrons. The fourth-order valence-corrected chi connectivity index (χ4v) is 9.14. The molecule has 0 radical (unpaired) electrons. The summed E-state index contributed by atoms with van der Waals surface area (Å²) in [7, 11) is 0. The second kappa shape index (κ2) is 26.8. The second-order valence-corrected chi connectivity index (χ2v) is 25.1. The van der Waals surface area contributed by atoms with Crippen molar-refractivity contribution in [1.29, 1.82) is 0 Å². The maximum absolute atomic E-state index is 14.2. The molecular weight excluding hydrogens is 1020 g/mol. The maximum Gasteiger partial charge on any atom is 0.335 e. The average molecular weight is 1100 g/mol. The van der Waals surface area contributed by atoms with Crippen LogP contribution in [0.4, 0.5) is 0 Å². The van der Waals surface area contributed by atoms with E-state index in [4.69, 9.17) is 28.4 Å². The highest BCUT2D eigenvalue weighted by Crippen LogP contribution is 2.39. The smallest absolute Gasteiger partial charge is 0.335 e. The highest BCUT2D eigenvalue weighted by atomic mass is 16.6. The Labute approximate surface area is 474 Å². The summed E-state index contributed by atoms with van der Waals surface area (Å²) >= 11 is 0. The minimum absolute atomic E-state index is 0.114. The fourth-order valence-electron chi connectivity index (χ4n) is 9.14. The molecule has 0 unspecified atom stereocenters. The van der Waals surface area contributed by atoms with Crippen LogP contribution in [0.2, 0.25) is 0 Å². The van der Waals surface area contributed by atoms with Crippen molar-refractivity contribution in [3.05, 3.63) is 141 Å². The molecule has 0 bridgehead atoms. The minimum Gasteiger partial charge on any atom is -0.507 e. The standard InChI is InChI=1S/C66H86O14/c1-19-52(67)78-60-42(5)31-46(35-50(60)64(13,14)15)22-26-55(70)76-38-66(80-57(72)28-24-45-30-41(4)59(74)49(34-45)63(10,11)12,37-75-54(69)25-21-44-29-40(3)58(73)48(33-44)62(7,8)9)39-77-56(71)27-23-47-32-43(6)61(79-53(68)20-2)51(36-47)65(16,17)18/h19-20,29-36,73-74H,1-2,21-28,37-39H2,3-18H3. The first-order valence-electron chi connectivity index (χ1n) is 27.3. The topological polar surface area (TPSA) is 198 Å². The van der Waals surface area contributed by atoms with Crippen LogP contribution in [0.1, 0.15) is 176 Å². The molecule has 14 nitrogen and oxygen atoms in total. The van der Waals surface area contributed by atoms with Gasteiger partial charge in [0.25, 0.3) is 0 Å². The lowest BCUT2D eigenvalue weighted by Gasteiger charge is -2.32. The van der Waals surface area contributed by atoms with Crippen LogP contribution < -0.4 is 9.47 Å². The van der Waals surface area contributed by atoms with Gasteiger partial charge in [0.15, 0.2) is 0 Å². The highest BCUT2D eigenvalue weighted by Gasteiger charge is 2.40. The normalized spacial score (nSPS) is 12.1. The molecule has 4 aromatic rings. The number of rotatable bonds is 23. The van der Waals surface area contributed by atoms with E-state index in [1.807, 2.05) is 119 Å². The Balaban J connectivity index is 1.71. The Kier molecular flexibility index (Phi) is 21.9. The van der Waals surface area contributed by atoms with Gasteiger partial charge < -0.3 is 38.6 Å². The van der Waals surface area contributed by atoms with Crippen molar-refractivity contribution in [3.63, 3.8) is 0 Å². The third-order valence-electron chi connectivity index (χ3n) is 13.7. The van der Waals surface area contributed by atoms with E-state index in [-0.39, 0.29) is 68.3 Å². The van der Waals surface area contributed by atoms with E-state index in [2.05, 4.69) is 13.2 Å². The Bertz CT molecular complexity index is 2860. The van der Waals surface area contributed by atoms with E-state index in [0.29, 0.717) is 39.3 Å². The third-order valence-corrected chi connectivity index (χ3v) is 13.7. The van der Waals surface area contributed by atoms with Gasteiger partial charge in [-0.1, -0.05) is 145 Å². The lowest BCUT2D eigenvalue weighted by atomic mass is 9.83. The lowest BCUT2D eigenvalue weighted by Crippen LogP contribution is -2.50. The van der Waals surface area contributed by atoms with E-state index in [1.165, 1.54) is 0 Å². The number of ether oxygens (including phenoxy) is 6. The number of phenolic OH excluding ortho intramolecular Hbond substituents is 2. The number of hydrogen-bond donors (Lipinski definition) is 2. The van der Waals surface area contributed by atoms with Crippen molar-refractivity contribution >= 4 is 35.8 Å². The first-order valence-corrected chi connectivity index (χ1v) is 27.3. The van der Waals surface area contributed by atoms with Crippen molar-refractivity contribution in [1.82, 2.24) is 0 Å². The summed E-state index contributed by atoms with van der Waals surface area (Å²) in [6.07, 6.45) is 2.43. The molecule has 0 atom stereocenters. The summed E-state index contributed by atoms with van der Waals surface area (Å²) in [6.45, 7) is 35.9. The van der Waals surface area contributed by atoms with E-state index < -0.39 is 77.5 Å². The number of esters is 6. The molecule has 80 heavy (non-hydrogen) atoms. The molecule has 4 aromatic carbocycles. The van der Waals surface area contributed by atoms with Crippen molar-refractivity contribution < 1.29 is 67.4 Å². The van der Waals surface area contributed by atoms with Crippen LogP contribution in [0.3, 0.4) is 0 Å². The van der Waals surface area contributed by atoms with Crippen LogP contribution in [0.15, 0.2) is 73.8 Å². The summed E-state index contributed by atoms with van der Waals surface area (Å²) in [5.41, 5.74) is 4.87. The first-order chi connectivity index (χ1) is 37.0. The summed E-state index contributed by atoms with van der Waals surface area (Å²) in [5.74, 6) is -2.90. The van der Waals surface area contributed by atoms with Gasteiger partial charge in [0.2, 0.25) is 5.60 Å². The number of benzene rings is 4. The summed E-state index contributed by atoms with van der Waals surface area (Å²) < 4.78 is 35.2. The zero-order valence-electron chi connectivity index (χ0n) is 50.3. The number of phenols is 2. The number of carbonyl (C=O) groups is 6. The minimum atomic E-state index is -2.03. The molecule has 0 aliphatic rings. The van der Waals surface area contributed by atoms with Crippen LogP contribution in [-0.4, -0.2) is 71.5 Å². The molecule has 0 aliphatic heterocycles. The van der Waals surface area contributed by atoms with Crippen LogP contribution in [0.5, 0.6) is 23.0 Å². The first kappa shape index (κ1) is 65.3. The van der Waals surface area contributed by atoms with Crippen LogP contribution in [0, 0.1) is 27.7 Å². The highest BCUT2D eigenvalue weighted by molar-refractivity contribution is 5.84. The second-order valence-electron chi connectivity index (χ2n) is 25.1. The Morgan fingerprint density at radius 1 is 0.412 bits per heavy atom. The van der Waals surface area contributed by atoms with Crippen molar-refractivity contribution in [3.8, 4) is 23.0 Å². The van der Waals surface area contributed by atoms with Gasteiger partial charge >= 0.3 is 35.8 Å². The molecule has 0 saturated heterocycles. The van der Waals surface area contributed by atoms with E-state index >= 15 is 0 Å². The van der Waals surface area contributed by atoms with Gasteiger partial charge in [-0.05, 0) is 131 Å². The molecule has 2 N–H and O–H groups in total. The van der Waals surface area contributed by atoms with Gasteiger partial charge in [-0.2, -0.15) is 0 Å². The molecule has 0 amide bonds. The summed E-state index contributed by atoms with van der Waals surface area (Å²) in [6, 6.07) is 14.7. The lowest BCUT2D eigenvalue weighted by molar-refractivity contribution is -0.196. The number of aromatic hydroxyl groups is 2. The van der Waals surface area contributed by atoms with Gasteiger partial charge in [0.1, 0.15) is 42.8 Å². The molecule has 0 saturated carbocycles. The van der Waals surface area contributed by atoms with Crippen molar-refractivity contribution in [2.75, 3.05) is 19.8 Å². The largest absolute Gasteiger partial charge is 0.507 e.